The van der Waals surface area contributed by atoms with Gasteiger partial charge in [-0.2, -0.15) is 0 Å². The number of carbonyl (C=O) groups is 2. The molecule has 1 saturated heterocycles. The van der Waals surface area contributed by atoms with Crippen LogP contribution in [0.4, 0.5) is 10.1 Å². The zero-order chi connectivity index (χ0) is 18.1. The van der Waals surface area contributed by atoms with E-state index in [2.05, 4.69) is 5.32 Å². The molecule has 4 rings (SSSR count). The van der Waals surface area contributed by atoms with Gasteiger partial charge in [0.15, 0.2) is 11.5 Å². The molecule has 26 heavy (non-hydrogen) atoms. The molecule has 2 heterocycles. The summed E-state index contributed by atoms with van der Waals surface area (Å²) < 4.78 is 23.6. The first-order valence-electron chi connectivity index (χ1n) is 8.35. The molecule has 0 saturated carbocycles. The van der Waals surface area contributed by atoms with Crippen molar-refractivity contribution in [3.05, 3.63) is 53.8 Å². The maximum absolute atomic E-state index is 13.0. The average Bonchev–Trinajstić information content (AvgIpc) is 3.26. The number of benzene rings is 2. The molecule has 1 fully saturated rings. The van der Waals surface area contributed by atoms with Gasteiger partial charge in [-0.25, -0.2) is 4.39 Å². The lowest BCUT2D eigenvalue weighted by Gasteiger charge is -2.16. The van der Waals surface area contributed by atoms with Crippen molar-refractivity contribution in [3.63, 3.8) is 0 Å². The molecule has 0 aromatic heterocycles. The van der Waals surface area contributed by atoms with Crippen molar-refractivity contribution in [2.75, 3.05) is 18.2 Å². The van der Waals surface area contributed by atoms with Gasteiger partial charge < -0.3 is 19.7 Å². The summed E-state index contributed by atoms with van der Waals surface area (Å²) >= 11 is 0. The predicted molar refractivity (Wildman–Crippen MR) is 91.3 cm³/mol. The van der Waals surface area contributed by atoms with Crippen LogP contribution in [0.2, 0.25) is 0 Å². The normalized spacial score (nSPS) is 18.3. The van der Waals surface area contributed by atoms with Crippen LogP contribution in [0.15, 0.2) is 42.5 Å². The third-order valence-electron chi connectivity index (χ3n) is 4.56. The second-order valence-electron chi connectivity index (χ2n) is 6.21. The van der Waals surface area contributed by atoms with E-state index in [0.29, 0.717) is 36.7 Å². The molecule has 2 aliphatic heterocycles. The number of ether oxygens (including phenoxy) is 2. The Balaban J connectivity index is 1.38. The Labute approximate surface area is 149 Å². The van der Waals surface area contributed by atoms with Crippen LogP contribution in [0.3, 0.4) is 0 Å². The minimum absolute atomic E-state index is 0.195. The van der Waals surface area contributed by atoms with Crippen LogP contribution in [0, 0.1) is 11.7 Å². The maximum atomic E-state index is 13.0. The van der Waals surface area contributed by atoms with Gasteiger partial charge in [0.1, 0.15) is 11.7 Å². The first-order valence-corrected chi connectivity index (χ1v) is 8.35. The number of fused-ring (bicyclic) bond motifs is 1. The molecule has 2 aromatic rings. The number of hydrogen-bond acceptors (Lipinski definition) is 4. The number of hydrogen-bond donors (Lipinski definition) is 1. The van der Waals surface area contributed by atoms with Crippen molar-refractivity contribution in [1.82, 2.24) is 5.32 Å². The molecule has 2 aromatic carbocycles. The summed E-state index contributed by atoms with van der Waals surface area (Å²) in [6.07, 6.45) is 0.434. The number of amides is 2. The van der Waals surface area contributed by atoms with Crippen molar-refractivity contribution in [3.8, 4) is 11.5 Å². The molecule has 2 amide bonds. The molecule has 134 valence electrons. The summed E-state index contributed by atoms with van der Waals surface area (Å²) in [4.78, 5) is 26.5. The summed E-state index contributed by atoms with van der Waals surface area (Å²) in [7, 11) is 0. The molecule has 0 radical (unpaired) electrons. The van der Waals surface area contributed by atoms with Crippen LogP contribution < -0.4 is 19.7 Å². The number of anilines is 1. The third-order valence-corrected chi connectivity index (χ3v) is 4.56. The van der Waals surface area contributed by atoms with E-state index in [1.807, 2.05) is 12.1 Å². The smallest absolute Gasteiger partial charge is 0.239 e. The molecular formula is C19H17FN2O4. The van der Waals surface area contributed by atoms with Crippen molar-refractivity contribution >= 4 is 17.5 Å². The van der Waals surface area contributed by atoms with E-state index in [9.17, 15) is 14.0 Å². The van der Waals surface area contributed by atoms with Crippen molar-refractivity contribution in [1.29, 1.82) is 0 Å². The largest absolute Gasteiger partial charge is 0.454 e. The molecule has 6 nitrogen and oxygen atoms in total. The van der Waals surface area contributed by atoms with Crippen LogP contribution in [0.1, 0.15) is 12.0 Å². The van der Waals surface area contributed by atoms with Crippen LogP contribution >= 0.6 is 0 Å². The highest BCUT2D eigenvalue weighted by Crippen LogP contribution is 2.32. The summed E-state index contributed by atoms with van der Waals surface area (Å²) in [5, 5.41) is 2.80. The first kappa shape index (κ1) is 16.4. The zero-order valence-electron chi connectivity index (χ0n) is 13.9. The van der Waals surface area contributed by atoms with Crippen LogP contribution in [0.25, 0.3) is 0 Å². The first-order chi connectivity index (χ1) is 12.6. The van der Waals surface area contributed by atoms with E-state index < -0.39 is 5.92 Å². The van der Waals surface area contributed by atoms with Crippen molar-refractivity contribution in [2.45, 2.75) is 13.0 Å². The molecular weight excluding hydrogens is 339 g/mol. The maximum Gasteiger partial charge on any atom is 0.239 e. The van der Waals surface area contributed by atoms with Gasteiger partial charge in [-0.1, -0.05) is 6.07 Å². The number of nitrogens with one attached hydrogen (secondary N) is 1. The Bertz CT molecular complexity index is 853. The highest BCUT2D eigenvalue weighted by atomic mass is 19.1. The summed E-state index contributed by atoms with van der Waals surface area (Å²) in [6.45, 7) is 0.934. The Morgan fingerprint density at radius 3 is 2.73 bits per heavy atom. The van der Waals surface area contributed by atoms with Gasteiger partial charge in [-0.05, 0) is 48.4 Å². The number of rotatable bonds is 4. The zero-order valence-corrected chi connectivity index (χ0v) is 13.9. The molecule has 0 spiro atoms. The van der Waals surface area contributed by atoms with Gasteiger partial charge in [0, 0.05) is 18.8 Å². The Morgan fingerprint density at radius 2 is 1.92 bits per heavy atom. The van der Waals surface area contributed by atoms with Crippen LogP contribution in [-0.4, -0.2) is 25.2 Å². The quantitative estimate of drug-likeness (QED) is 0.853. The minimum atomic E-state index is -0.728. The SMILES string of the molecule is O=C(NCc1ccc2c(c1)OCO2)[C@@H]1CCN(c2ccc(F)cc2)C1=O. The van der Waals surface area contributed by atoms with Crippen LogP contribution in [-0.2, 0) is 16.1 Å². The lowest BCUT2D eigenvalue weighted by Crippen LogP contribution is -2.36. The van der Waals surface area contributed by atoms with Gasteiger partial charge >= 0.3 is 0 Å². The summed E-state index contributed by atoms with van der Waals surface area (Å²) in [6, 6.07) is 11.1. The van der Waals surface area contributed by atoms with E-state index in [4.69, 9.17) is 9.47 Å². The summed E-state index contributed by atoms with van der Waals surface area (Å²) in [5.41, 5.74) is 1.46. The molecule has 0 bridgehead atoms. The predicted octanol–water partition coefficient (Wildman–Crippen LogP) is 2.22. The number of halogens is 1. The fourth-order valence-corrected chi connectivity index (χ4v) is 3.16. The highest BCUT2D eigenvalue weighted by Gasteiger charge is 2.37. The van der Waals surface area contributed by atoms with E-state index in [1.165, 1.54) is 17.0 Å². The number of carbonyl (C=O) groups excluding carboxylic acids is 2. The molecule has 7 heteroatoms. The van der Waals surface area contributed by atoms with Gasteiger partial charge in [0.2, 0.25) is 18.6 Å². The van der Waals surface area contributed by atoms with E-state index in [1.54, 1.807) is 18.2 Å². The topological polar surface area (TPSA) is 67.9 Å². The second kappa shape index (κ2) is 6.67. The third kappa shape index (κ3) is 3.08. The van der Waals surface area contributed by atoms with E-state index in [0.717, 1.165) is 5.56 Å². The van der Waals surface area contributed by atoms with Gasteiger partial charge in [-0.3, -0.25) is 9.59 Å². The van der Waals surface area contributed by atoms with Gasteiger partial charge in [0.25, 0.3) is 0 Å². The Kier molecular flexibility index (Phi) is 4.20. The summed E-state index contributed by atoms with van der Waals surface area (Å²) in [5.74, 6) is -0.332. The minimum Gasteiger partial charge on any atom is -0.454 e. The van der Waals surface area contributed by atoms with Gasteiger partial charge in [-0.15, -0.1) is 0 Å². The molecule has 1 atom stereocenters. The molecule has 2 aliphatic rings. The fraction of sp³-hybridized carbons (Fsp3) is 0.263. The fourth-order valence-electron chi connectivity index (χ4n) is 3.16. The van der Waals surface area contributed by atoms with E-state index >= 15 is 0 Å². The van der Waals surface area contributed by atoms with Gasteiger partial charge in [0.05, 0.1) is 0 Å². The standard InChI is InChI=1S/C19H17FN2O4/c20-13-2-4-14(5-3-13)22-8-7-15(19(22)24)18(23)21-10-12-1-6-16-17(9-12)26-11-25-16/h1-6,9,15H,7-8,10-11H2,(H,21,23)/t15-/m0/s1. The second-order valence-corrected chi connectivity index (χ2v) is 6.21. The van der Waals surface area contributed by atoms with Crippen molar-refractivity contribution in [2.24, 2.45) is 5.92 Å². The molecule has 0 unspecified atom stereocenters. The van der Waals surface area contributed by atoms with E-state index in [-0.39, 0.29) is 24.4 Å². The molecule has 1 N–H and O–H groups in total. The monoisotopic (exact) mass is 356 g/mol. The van der Waals surface area contributed by atoms with Crippen molar-refractivity contribution < 1.29 is 23.5 Å². The average molecular weight is 356 g/mol. The lowest BCUT2D eigenvalue weighted by atomic mass is 10.1. The Hall–Kier alpha value is -3.09. The highest BCUT2D eigenvalue weighted by molar-refractivity contribution is 6.09. The Morgan fingerprint density at radius 1 is 1.15 bits per heavy atom. The molecule has 0 aliphatic carbocycles. The number of nitrogens with zero attached hydrogens (tertiary/aromatic N) is 1. The van der Waals surface area contributed by atoms with Crippen LogP contribution in [0.5, 0.6) is 11.5 Å². The lowest BCUT2D eigenvalue weighted by molar-refractivity contribution is -0.132.